The lowest BCUT2D eigenvalue weighted by Crippen LogP contribution is -2.67. The van der Waals surface area contributed by atoms with E-state index in [1.807, 2.05) is 36.4 Å². The molecule has 0 N–H and O–H groups in total. The minimum absolute atomic E-state index is 0.0704. The predicted octanol–water partition coefficient (Wildman–Crippen LogP) is 2.24. The first kappa shape index (κ1) is 25.6. The Morgan fingerprint density at radius 2 is 1.55 bits per heavy atom. The minimum Gasteiger partial charge on any atom is -0.467 e. The van der Waals surface area contributed by atoms with Gasteiger partial charge in [-0.3, -0.25) is 4.18 Å². The molecule has 0 aliphatic carbocycles. The van der Waals surface area contributed by atoms with Gasteiger partial charge in [-0.25, -0.2) is 4.79 Å². The smallest absolute Gasteiger partial charge is 0.335 e. The molecule has 0 aromatic heterocycles. The van der Waals surface area contributed by atoms with Gasteiger partial charge in [-0.2, -0.15) is 8.42 Å². The molecule has 2 aromatic carbocycles. The zero-order chi connectivity index (χ0) is 24.3. The molecule has 1 fully saturated rings. The van der Waals surface area contributed by atoms with Crippen molar-refractivity contribution >= 4 is 34.8 Å². The molecule has 0 radical (unpaired) electrons. The first-order chi connectivity index (χ1) is 15.5. The summed E-state index contributed by atoms with van der Waals surface area (Å²) in [4.78, 5) is 12.1. The highest BCUT2D eigenvalue weighted by Gasteiger charge is 2.52. The first-order valence-corrected chi connectivity index (χ1v) is 14.6. The third-order valence-electron chi connectivity index (χ3n) is 5.84. The number of carbonyl (C=O) groups excluding carboxylic acids is 1. The number of hydrogen-bond acceptors (Lipinski definition) is 7. The van der Waals surface area contributed by atoms with Crippen LogP contribution in [0.2, 0.25) is 5.04 Å². The van der Waals surface area contributed by atoms with Gasteiger partial charge in [0.1, 0.15) is 12.2 Å². The van der Waals surface area contributed by atoms with E-state index in [0.29, 0.717) is 0 Å². The Labute approximate surface area is 197 Å². The third kappa shape index (κ3) is 5.72. The van der Waals surface area contributed by atoms with Crippen LogP contribution >= 0.6 is 0 Å². The summed E-state index contributed by atoms with van der Waals surface area (Å²) in [6.45, 7) is 6.52. The van der Waals surface area contributed by atoms with Gasteiger partial charge in [-0.05, 0) is 15.4 Å². The summed E-state index contributed by atoms with van der Waals surface area (Å²) >= 11 is 0. The molecule has 3 rings (SSSR count). The molecule has 9 heteroatoms. The topological polar surface area (TPSA) is 88.1 Å². The number of esters is 1. The van der Waals surface area contributed by atoms with Crippen molar-refractivity contribution in [3.05, 3.63) is 60.7 Å². The second kappa shape index (κ2) is 10.1. The van der Waals surface area contributed by atoms with E-state index in [-0.39, 0.29) is 18.1 Å². The Morgan fingerprint density at radius 3 is 1.97 bits per heavy atom. The van der Waals surface area contributed by atoms with E-state index in [9.17, 15) is 13.2 Å². The molecule has 0 unspecified atom stereocenters. The van der Waals surface area contributed by atoms with E-state index in [1.165, 1.54) is 7.11 Å². The van der Waals surface area contributed by atoms with Gasteiger partial charge in [0.05, 0.1) is 20.0 Å². The third-order valence-corrected chi connectivity index (χ3v) is 11.4. The fourth-order valence-electron chi connectivity index (χ4n) is 4.44. The van der Waals surface area contributed by atoms with Crippen molar-refractivity contribution in [2.75, 3.05) is 20.0 Å². The van der Waals surface area contributed by atoms with Crippen LogP contribution in [0.3, 0.4) is 0 Å². The van der Waals surface area contributed by atoms with Crippen LogP contribution < -0.4 is 10.4 Å². The van der Waals surface area contributed by atoms with E-state index in [0.717, 1.165) is 16.6 Å². The standard InChI is InChI=1S/C24H32O7SSi/c1-24(2,3)33(18-12-8-6-9-13-18,19-14-10-7-11-15-19)29-17-22-20(31-32(5,26)27)16-21(30-22)23(25)28-4/h6-15,20-22H,16-17H2,1-5H3/t20-,21+,22+/m0/s1. The molecule has 1 saturated heterocycles. The summed E-state index contributed by atoms with van der Waals surface area (Å²) in [7, 11) is -5.35. The molecule has 180 valence electrons. The SMILES string of the molecule is COC(=O)[C@H]1C[C@H](OS(C)(=O)=O)[C@@H](CO[Si](c2ccccc2)(c2ccccc2)C(C)(C)C)O1. The van der Waals surface area contributed by atoms with Gasteiger partial charge in [0.25, 0.3) is 18.4 Å². The van der Waals surface area contributed by atoms with Crippen LogP contribution in [-0.2, 0) is 33.0 Å². The van der Waals surface area contributed by atoms with Crippen LogP contribution in [-0.4, -0.2) is 61.0 Å². The number of methoxy groups -OCH3 is 1. The fraction of sp³-hybridized carbons (Fsp3) is 0.458. The van der Waals surface area contributed by atoms with Crippen LogP contribution in [0.15, 0.2) is 60.7 Å². The maximum absolute atomic E-state index is 12.1. The lowest BCUT2D eigenvalue weighted by atomic mass is 10.1. The molecule has 7 nitrogen and oxygen atoms in total. The zero-order valence-electron chi connectivity index (χ0n) is 19.7. The normalized spacial score (nSPS) is 21.7. The van der Waals surface area contributed by atoms with Crippen molar-refractivity contribution in [3.63, 3.8) is 0 Å². The van der Waals surface area contributed by atoms with Crippen LogP contribution in [0.4, 0.5) is 0 Å². The number of hydrogen-bond donors (Lipinski definition) is 0. The molecule has 0 bridgehead atoms. The molecule has 1 aliphatic heterocycles. The van der Waals surface area contributed by atoms with Crippen molar-refractivity contribution in [1.29, 1.82) is 0 Å². The van der Waals surface area contributed by atoms with Gasteiger partial charge in [-0.1, -0.05) is 81.4 Å². The summed E-state index contributed by atoms with van der Waals surface area (Å²) in [5.41, 5.74) is 0. The average Bonchev–Trinajstić information content (AvgIpc) is 3.15. The minimum atomic E-state index is -3.76. The monoisotopic (exact) mass is 492 g/mol. The van der Waals surface area contributed by atoms with Gasteiger partial charge >= 0.3 is 5.97 Å². The Hall–Kier alpha value is -2.04. The molecular formula is C24H32O7SSi. The molecule has 1 heterocycles. The first-order valence-electron chi connectivity index (χ1n) is 10.8. The summed E-state index contributed by atoms with van der Waals surface area (Å²) in [5, 5.41) is 1.92. The Balaban J connectivity index is 2.00. The highest BCUT2D eigenvalue weighted by molar-refractivity contribution is 7.86. The highest BCUT2D eigenvalue weighted by atomic mass is 32.2. The van der Waals surface area contributed by atoms with Crippen LogP contribution in [0.1, 0.15) is 27.2 Å². The fourth-order valence-corrected chi connectivity index (χ4v) is 9.66. The maximum Gasteiger partial charge on any atom is 0.335 e. The Kier molecular flexibility index (Phi) is 7.80. The van der Waals surface area contributed by atoms with E-state index in [1.54, 1.807) is 0 Å². The molecule has 0 saturated carbocycles. The van der Waals surface area contributed by atoms with E-state index in [4.69, 9.17) is 18.1 Å². The molecule has 0 spiro atoms. The molecule has 33 heavy (non-hydrogen) atoms. The van der Waals surface area contributed by atoms with Gasteiger partial charge in [0.15, 0.2) is 6.10 Å². The van der Waals surface area contributed by atoms with E-state index < -0.39 is 42.7 Å². The number of benzene rings is 2. The van der Waals surface area contributed by atoms with Gasteiger partial charge in [0, 0.05) is 6.42 Å². The summed E-state index contributed by atoms with van der Waals surface area (Å²) < 4.78 is 46.5. The number of ether oxygens (including phenoxy) is 2. The van der Waals surface area contributed by atoms with Gasteiger partial charge in [-0.15, -0.1) is 0 Å². The summed E-state index contributed by atoms with van der Waals surface area (Å²) in [6, 6.07) is 20.2. The second-order valence-corrected chi connectivity index (χ2v) is 15.1. The maximum atomic E-state index is 12.1. The second-order valence-electron chi connectivity index (χ2n) is 9.24. The van der Waals surface area contributed by atoms with Crippen molar-refractivity contribution in [1.82, 2.24) is 0 Å². The van der Waals surface area contributed by atoms with E-state index >= 15 is 0 Å². The lowest BCUT2D eigenvalue weighted by Gasteiger charge is -2.43. The van der Waals surface area contributed by atoms with Gasteiger partial charge in [0.2, 0.25) is 0 Å². The van der Waals surface area contributed by atoms with Crippen LogP contribution in [0.25, 0.3) is 0 Å². The zero-order valence-corrected chi connectivity index (χ0v) is 21.5. The Bertz CT molecular complexity index is 996. The molecule has 3 atom stereocenters. The lowest BCUT2D eigenvalue weighted by molar-refractivity contribution is -0.153. The van der Waals surface area contributed by atoms with Crippen molar-refractivity contribution in [2.24, 2.45) is 0 Å². The van der Waals surface area contributed by atoms with Crippen molar-refractivity contribution < 1.29 is 31.3 Å². The summed E-state index contributed by atoms with van der Waals surface area (Å²) in [5.74, 6) is -0.565. The van der Waals surface area contributed by atoms with Gasteiger partial charge < -0.3 is 13.9 Å². The number of carbonyl (C=O) groups is 1. The van der Waals surface area contributed by atoms with Crippen LogP contribution in [0.5, 0.6) is 0 Å². The predicted molar refractivity (Wildman–Crippen MR) is 129 cm³/mol. The Morgan fingerprint density at radius 1 is 1.03 bits per heavy atom. The quantitative estimate of drug-likeness (QED) is 0.317. The van der Waals surface area contributed by atoms with Crippen molar-refractivity contribution in [3.8, 4) is 0 Å². The summed E-state index contributed by atoms with van der Waals surface area (Å²) in [6.07, 6.45) is -1.44. The largest absolute Gasteiger partial charge is 0.467 e. The van der Waals surface area contributed by atoms with Crippen molar-refractivity contribution in [2.45, 2.75) is 50.5 Å². The average molecular weight is 493 g/mol. The molecule has 2 aromatic rings. The highest BCUT2D eigenvalue weighted by Crippen LogP contribution is 2.37. The molecular weight excluding hydrogens is 460 g/mol. The van der Waals surface area contributed by atoms with E-state index in [2.05, 4.69) is 45.0 Å². The van der Waals surface area contributed by atoms with Crippen LogP contribution in [0, 0.1) is 0 Å². The number of rotatable bonds is 8. The molecule has 0 amide bonds. The molecule has 1 aliphatic rings.